The fourth-order valence-corrected chi connectivity index (χ4v) is 2.77. The smallest absolute Gasteiger partial charge is 0.305 e. The maximum Gasteiger partial charge on any atom is 0.305 e. The van der Waals surface area contributed by atoms with E-state index in [4.69, 9.17) is 15.6 Å². The third-order valence-electron chi connectivity index (χ3n) is 4.33. The van der Waals surface area contributed by atoms with Crippen molar-refractivity contribution in [2.75, 3.05) is 19.8 Å². The van der Waals surface area contributed by atoms with Gasteiger partial charge in [-0.15, -0.1) is 0 Å². The molecule has 1 saturated heterocycles. The van der Waals surface area contributed by atoms with E-state index in [1.54, 1.807) is 6.92 Å². The van der Waals surface area contributed by atoms with Crippen LogP contribution in [0.1, 0.15) is 47.0 Å². The number of nitrogens with zero attached hydrogens (tertiary/aromatic N) is 1. The molecule has 0 radical (unpaired) electrons. The minimum Gasteiger partial charge on any atom is -0.481 e. The van der Waals surface area contributed by atoms with Gasteiger partial charge in [0.15, 0.2) is 0 Å². The molecule has 3 atom stereocenters. The number of hydrogen-bond acceptors (Lipinski definition) is 5. The number of nitrogens with one attached hydrogen (secondary N) is 1. The van der Waals surface area contributed by atoms with E-state index in [0.29, 0.717) is 19.6 Å². The Hall–Kier alpha value is -1.67. The molecule has 0 saturated carbocycles. The SMILES string of the molecule is CCOCC(CC(=O)O)NC(=O)C1CCCN1C(=O)C(N)C(C)(C)C. The first-order chi connectivity index (χ1) is 11.6. The van der Waals surface area contributed by atoms with Gasteiger partial charge in [0.05, 0.1) is 25.1 Å². The highest BCUT2D eigenvalue weighted by atomic mass is 16.5. The van der Waals surface area contributed by atoms with Crippen LogP contribution in [-0.2, 0) is 19.1 Å². The highest BCUT2D eigenvalue weighted by Gasteiger charge is 2.39. The summed E-state index contributed by atoms with van der Waals surface area (Å²) < 4.78 is 5.24. The Morgan fingerprint density at radius 1 is 1.36 bits per heavy atom. The number of carbonyl (C=O) groups is 3. The summed E-state index contributed by atoms with van der Waals surface area (Å²) >= 11 is 0. The summed E-state index contributed by atoms with van der Waals surface area (Å²) in [4.78, 5) is 37.7. The number of hydrogen-bond donors (Lipinski definition) is 3. The van der Waals surface area contributed by atoms with Crippen molar-refractivity contribution in [1.29, 1.82) is 0 Å². The number of carboxylic acids is 1. The van der Waals surface area contributed by atoms with E-state index >= 15 is 0 Å². The van der Waals surface area contributed by atoms with Crippen LogP contribution in [-0.4, -0.2) is 65.7 Å². The van der Waals surface area contributed by atoms with E-state index in [0.717, 1.165) is 6.42 Å². The third-order valence-corrected chi connectivity index (χ3v) is 4.33. The number of aliphatic carboxylic acids is 1. The molecule has 3 unspecified atom stereocenters. The Morgan fingerprint density at radius 3 is 2.52 bits per heavy atom. The second kappa shape index (κ2) is 9.15. The quantitative estimate of drug-likeness (QED) is 0.576. The van der Waals surface area contributed by atoms with E-state index in [1.807, 2.05) is 20.8 Å². The highest BCUT2D eigenvalue weighted by Crippen LogP contribution is 2.24. The molecule has 1 heterocycles. The van der Waals surface area contributed by atoms with Crippen molar-refractivity contribution in [1.82, 2.24) is 10.2 Å². The van der Waals surface area contributed by atoms with Crippen molar-refractivity contribution in [3.63, 3.8) is 0 Å². The van der Waals surface area contributed by atoms with Crippen molar-refractivity contribution in [2.45, 2.75) is 65.1 Å². The summed E-state index contributed by atoms with van der Waals surface area (Å²) in [5.41, 5.74) is 5.65. The van der Waals surface area contributed by atoms with Gasteiger partial charge in [0.2, 0.25) is 11.8 Å². The third kappa shape index (κ3) is 6.28. The molecular formula is C17H31N3O5. The molecule has 144 valence electrons. The maximum atomic E-state index is 12.6. The maximum absolute atomic E-state index is 12.6. The fraction of sp³-hybridized carbons (Fsp3) is 0.824. The molecule has 4 N–H and O–H groups in total. The van der Waals surface area contributed by atoms with Gasteiger partial charge in [0, 0.05) is 13.2 Å². The van der Waals surface area contributed by atoms with Gasteiger partial charge in [-0.2, -0.15) is 0 Å². The van der Waals surface area contributed by atoms with E-state index in [9.17, 15) is 14.4 Å². The van der Waals surface area contributed by atoms with Gasteiger partial charge in [0.25, 0.3) is 0 Å². The van der Waals surface area contributed by atoms with Crippen LogP contribution in [0.15, 0.2) is 0 Å². The second-order valence-electron chi connectivity index (χ2n) is 7.50. The lowest BCUT2D eigenvalue weighted by molar-refractivity contribution is -0.142. The van der Waals surface area contributed by atoms with E-state index < -0.39 is 29.5 Å². The number of carbonyl (C=O) groups excluding carboxylic acids is 2. The molecule has 8 nitrogen and oxygen atoms in total. The molecule has 1 aliphatic heterocycles. The first kappa shape index (κ1) is 21.4. The summed E-state index contributed by atoms with van der Waals surface area (Å²) in [5, 5.41) is 11.7. The van der Waals surface area contributed by atoms with Crippen LogP contribution < -0.4 is 11.1 Å². The number of ether oxygens (including phenoxy) is 1. The number of nitrogens with two attached hydrogens (primary N) is 1. The molecule has 0 aromatic carbocycles. The van der Waals surface area contributed by atoms with Crippen molar-refractivity contribution in [3.8, 4) is 0 Å². The Balaban J connectivity index is 2.77. The van der Waals surface area contributed by atoms with Gasteiger partial charge in [-0.25, -0.2) is 0 Å². The molecule has 25 heavy (non-hydrogen) atoms. The molecule has 0 aromatic heterocycles. The zero-order chi connectivity index (χ0) is 19.2. The summed E-state index contributed by atoms with van der Waals surface area (Å²) in [5.74, 6) is -1.61. The summed E-state index contributed by atoms with van der Waals surface area (Å²) in [6, 6.07) is -1.93. The molecular weight excluding hydrogens is 326 g/mol. The predicted molar refractivity (Wildman–Crippen MR) is 92.8 cm³/mol. The van der Waals surface area contributed by atoms with Crippen molar-refractivity contribution < 1.29 is 24.2 Å². The lowest BCUT2D eigenvalue weighted by atomic mass is 9.86. The van der Waals surface area contributed by atoms with Crippen LogP contribution in [0.5, 0.6) is 0 Å². The summed E-state index contributed by atoms with van der Waals surface area (Å²) in [6.45, 7) is 8.47. The van der Waals surface area contributed by atoms with Crippen LogP contribution in [0.25, 0.3) is 0 Å². The zero-order valence-electron chi connectivity index (χ0n) is 15.6. The summed E-state index contributed by atoms with van der Waals surface area (Å²) in [7, 11) is 0. The van der Waals surface area contributed by atoms with Crippen LogP contribution in [0.3, 0.4) is 0 Å². The molecule has 0 bridgehead atoms. The predicted octanol–water partition coefficient (Wildman–Crippen LogP) is 0.347. The highest BCUT2D eigenvalue weighted by molar-refractivity contribution is 5.91. The first-order valence-electron chi connectivity index (χ1n) is 8.73. The minimum atomic E-state index is -1.01. The van der Waals surface area contributed by atoms with Crippen LogP contribution in [0.2, 0.25) is 0 Å². The lowest BCUT2D eigenvalue weighted by Gasteiger charge is -2.33. The topological polar surface area (TPSA) is 122 Å². The van der Waals surface area contributed by atoms with Crippen LogP contribution in [0, 0.1) is 5.41 Å². The molecule has 0 spiro atoms. The minimum absolute atomic E-state index is 0.122. The van der Waals surface area contributed by atoms with E-state index in [1.165, 1.54) is 4.90 Å². The Morgan fingerprint density at radius 2 is 2.00 bits per heavy atom. The van der Waals surface area contributed by atoms with Crippen molar-refractivity contribution in [2.24, 2.45) is 11.1 Å². The van der Waals surface area contributed by atoms with Gasteiger partial charge >= 0.3 is 5.97 Å². The second-order valence-corrected chi connectivity index (χ2v) is 7.50. The number of carboxylic acid groups (broad SMARTS) is 1. The molecule has 1 rings (SSSR count). The Bertz CT molecular complexity index is 489. The van der Waals surface area contributed by atoms with Crippen molar-refractivity contribution in [3.05, 3.63) is 0 Å². The van der Waals surface area contributed by atoms with E-state index in [-0.39, 0.29) is 24.8 Å². The first-order valence-corrected chi connectivity index (χ1v) is 8.73. The number of likely N-dealkylation sites (tertiary alicyclic amines) is 1. The molecule has 0 aliphatic carbocycles. The van der Waals surface area contributed by atoms with Gasteiger partial charge in [0.1, 0.15) is 6.04 Å². The average molecular weight is 357 g/mol. The standard InChI is InChI=1S/C17H31N3O5/c1-5-25-10-11(9-13(21)22)19-15(23)12-7-6-8-20(12)16(24)14(18)17(2,3)4/h11-12,14H,5-10,18H2,1-4H3,(H,19,23)(H,21,22). The molecule has 0 aromatic rings. The molecule has 2 amide bonds. The zero-order valence-corrected chi connectivity index (χ0v) is 15.6. The van der Waals surface area contributed by atoms with Crippen molar-refractivity contribution >= 4 is 17.8 Å². The Kier molecular flexibility index (Phi) is 7.82. The van der Waals surface area contributed by atoms with Gasteiger partial charge in [-0.1, -0.05) is 20.8 Å². The lowest BCUT2D eigenvalue weighted by Crippen LogP contribution is -2.56. The van der Waals surface area contributed by atoms with Crippen LogP contribution >= 0.6 is 0 Å². The molecule has 1 fully saturated rings. The molecule has 1 aliphatic rings. The van der Waals surface area contributed by atoms with Gasteiger partial charge < -0.3 is 25.8 Å². The monoisotopic (exact) mass is 357 g/mol. The van der Waals surface area contributed by atoms with Gasteiger partial charge in [-0.3, -0.25) is 14.4 Å². The average Bonchev–Trinajstić information content (AvgIpc) is 2.99. The van der Waals surface area contributed by atoms with E-state index in [2.05, 4.69) is 5.32 Å². The van der Waals surface area contributed by atoms with Gasteiger partial charge in [-0.05, 0) is 25.2 Å². The summed E-state index contributed by atoms with van der Waals surface area (Å²) in [6.07, 6.45) is 1.03. The Labute approximate surface area is 149 Å². The fourth-order valence-electron chi connectivity index (χ4n) is 2.77. The number of amides is 2. The molecule has 8 heteroatoms. The largest absolute Gasteiger partial charge is 0.481 e. The van der Waals surface area contributed by atoms with Crippen LogP contribution in [0.4, 0.5) is 0 Å². The normalized spacial score (nSPS) is 20.2. The number of rotatable bonds is 8.